The lowest BCUT2D eigenvalue weighted by molar-refractivity contribution is 0.122. The number of para-hydroxylation sites is 1. The molecule has 0 amide bonds. The number of nitrogens with zero attached hydrogens (tertiary/aromatic N) is 7. The van der Waals surface area contributed by atoms with Crippen molar-refractivity contribution in [1.29, 1.82) is 0 Å². The summed E-state index contributed by atoms with van der Waals surface area (Å²) in [7, 11) is -1.18. The molecule has 1 aromatic carbocycles. The summed E-state index contributed by atoms with van der Waals surface area (Å²) in [6, 6.07) is 5.04. The highest BCUT2D eigenvalue weighted by atomic mass is 32.2. The predicted molar refractivity (Wildman–Crippen MR) is 132 cm³/mol. The summed E-state index contributed by atoms with van der Waals surface area (Å²) >= 11 is 0. The second kappa shape index (κ2) is 11.1. The molecule has 1 N–H and O–H groups in total. The lowest BCUT2D eigenvalue weighted by Gasteiger charge is -2.33. The minimum atomic E-state index is -2.88. The summed E-state index contributed by atoms with van der Waals surface area (Å²) in [5, 5.41) is 0. The molecule has 0 atom stereocenters. The van der Waals surface area contributed by atoms with Crippen LogP contribution in [0.5, 0.6) is 5.75 Å². The molecule has 3 aromatic rings. The van der Waals surface area contributed by atoms with Gasteiger partial charge in [-0.1, -0.05) is 6.07 Å². The number of alkyl halides is 2. The maximum atomic E-state index is 14.2. The van der Waals surface area contributed by atoms with Gasteiger partial charge in [0.25, 0.3) is 6.43 Å². The number of hydrogen-bond donors (Lipinski definition) is 2. The van der Waals surface area contributed by atoms with E-state index in [0.29, 0.717) is 74.6 Å². The molecule has 0 saturated carbocycles. The number of benzene rings is 1. The molecule has 200 valence electrons. The van der Waals surface area contributed by atoms with Crippen molar-refractivity contribution in [2.75, 3.05) is 62.8 Å². The lowest BCUT2D eigenvalue weighted by atomic mass is 9.97. The average molecular weight is 539 g/mol. The Morgan fingerprint density at radius 1 is 1.03 bits per heavy atom. The summed E-state index contributed by atoms with van der Waals surface area (Å²) in [5.41, 5.74) is 0.691. The normalized spacial score (nSPS) is 17.3. The molecule has 2 aromatic heterocycles. The molecule has 4 heterocycles. The number of thiol groups is 1. The molecule has 2 aliphatic rings. The van der Waals surface area contributed by atoms with Gasteiger partial charge in [-0.05, 0) is 30.9 Å². The maximum Gasteiger partial charge on any atom is 0.296 e. The van der Waals surface area contributed by atoms with E-state index in [2.05, 4.69) is 19.7 Å². The first-order chi connectivity index (χ1) is 17.9. The van der Waals surface area contributed by atoms with Gasteiger partial charge in [0.15, 0.2) is 5.82 Å². The highest BCUT2D eigenvalue weighted by molar-refractivity contribution is 7.70. The van der Waals surface area contributed by atoms with Crippen molar-refractivity contribution >= 4 is 33.8 Å². The molecule has 0 unspecified atom stereocenters. The van der Waals surface area contributed by atoms with Gasteiger partial charge in [0.05, 0.1) is 25.8 Å². The van der Waals surface area contributed by atoms with Crippen LogP contribution < -0.4 is 19.3 Å². The van der Waals surface area contributed by atoms with Crippen LogP contribution in [-0.4, -0.2) is 86.0 Å². The third-order valence-electron chi connectivity index (χ3n) is 6.59. The van der Waals surface area contributed by atoms with Gasteiger partial charge < -0.3 is 19.3 Å². The van der Waals surface area contributed by atoms with Gasteiger partial charge in [-0.25, -0.2) is 26.9 Å². The lowest BCUT2D eigenvalue weighted by Crippen LogP contribution is -2.40. The largest absolute Gasteiger partial charge is 0.494 e. The number of nitrogens with one attached hydrogen (secondary N) is 1. The van der Waals surface area contributed by atoms with Crippen LogP contribution in [0.1, 0.15) is 25.1 Å². The van der Waals surface area contributed by atoms with E-state index in [1.807, 2.05) is 9.80 Å². The topological polar surface area (TPSA) is 128 Å². The Morgan fingerprint density at radius 3 is 2.30 bits per heavy atom. The summed E-state index contributed by atoms with van der Waals surface area (Å²) in [6.45, 7) is 3.69. The Kier molecular flexibility index (Phi) is 7.62. The van der Waals surface area contributed by atoms with E-state index in [9.17, 15) is 17.2 Å². The Bertz CT molecular complexity index is 1320. The van der Waals surface area contributed by atoms with Crippen molar-refractivity contribution in [3.05, 3.63) is 24.0 Å². The molecule has 5 rings (SSSR count). The summed E-state index contributed by atoms with van der Waals surface area (Å²) in [6.07, 6.45) is -1.41. The van der Waals surface area contributed by atoms with Crippen molar-refractivity contribution in [3.63, 3.8) is 0 Å². The average Bonchev–Trinajstić information content (AvgIpc) is 3.33. The van der Waals surface area contributed by atoms with E-state index in [1.165, 1.54) is 11.7 Å². The molecule has 0 radical (unpaired) electrons. The van der Waals surface area contributed by atoms with Gasteiger partial charge in [-0.3, -0.25) is 4.57 Å². The molecule has 15 heteroatoms. The molecular formula is C22H28F2N8O4S. The Morgan fingerprint density at radius 2 is 1.68 bits per heavy atom. The molecule has 2 aliphatic heterocycles. The first kappa shape index (κ1) is 25.5. The van der Waals surface area contributed by atoms with Gasteiger partial charge in [-0.15, -0.1) is 0 Å². The summed E-state index contributed by atoms with van der Waals surface area (Å²) in [4.78, 5) is 22.0. The van der Waals surface area contributed by atoms with Gasteiger partial charge in [-0.2, -0.15) is 15.0 Å². The minimum absolute atomic E-state index is 0.0460. The Labute approximate surface area is 213 Å². The zero-order chi connectivity index (χ0) is 25.9. The van der Waals surface area contributed by atoms with Gasteiger partial charge >= 0.3 is 0 Å². The maximum absolute atomic E-state index is 14.2. The van der Waals surface area contributed by atoms with Crippen molar-refractivity contribution in [2.24, 2.45) is 5.92 Å². The molecule has 2 fully saturated rings. The predicted octanol–water partition coefficient (Wildman–Crippen LogP) is 1.33. The number of imidazole rings is 1. The van der Waals surface area contributed by atoms with Crippen molar-refractivity contribution < 1.29 is 26.7 Å². The van der Waals surface area contributed by atoms with Gasteiger partial charge in [0.1, 0.15) is 11.3 Å². The summed E-state index contributed by atoms with van der Waals surface area (Å²) in [5.74, 6) is 0.875. The number of rotatable bonds is 8. The molecule has 37 heavy (non-hydrogen) atoms. The molecule has 12 nitrogen and oxygen atoms in total. The number of hydrogen-bond acceptors (Lipinski definition) is 10. The number of morpholine rings is 1. The highest BCUT2D eigenvalue weighted by Crippen LogP contribution is 2.32. The van der Waals surface area contributed by atoms with Crippen molar-refractivity contribution in [3.8, 4) is 11.7 Å². The van der Waals surface area contributed by atoms with Crippen LogP contribution in [0.2, 0.25) is 0 Å². The molecular weight excluding hydrogens is 510 g/mol. The fraction of sp³-hybridized carbons (Fsp3) is 0.545. The molecule has 2 saturated heterocycles. The monoisotopic (exact) mass is 538 g/mol. The third-order valence-corrected chi connectivity index (χ3v) is 7.03. The zero-order valence-electron chi connectivity index (χ0n) is 20.2. The molecule has 0 bridgehead atoms. The number of halogens is 2. The first-order valence-electron chi connectivity index (χ1n) is 12.0. The fourth-order valence-corrected chi connectivity index (χ4v) is 5.05. The Balaban J connectivity index is 1.56. The Hall–Kier alpha value is -3.17. The SMILES string of the molecule is COc1cccc2c1nc(C(F)F)n2-c1nc(N2CCOCC2)nc(N2CCC(CN[SH](=O)=O)CC2)n1. The smallest absolute Gasteiger partial charge is 0.296 e. The van der Waals surface area contributed by atoms with Crippen LogP contribution in [0.3, 0.4) is 0 Å². The van der Waals surface area contributed by atoms with Crippen LogP contribution in [0.15, 0.2) is 18.2 Å². The highest BCUT2D eigenvalue weighted by Gasteiger charge is 2.28. The van der Waals surface area contributed by atoms with Gasteiger partial charge in [0.2, 0.25) is 28.7 Å². The number of piperidine rings is 1. The molecule has 0 spiro atoms. The minimum Gasteiger partial charge on any atom is -0.494 e. The van der Waals surface area contributed by atoms with Crippen molar-refractivity contribution in [1.82, 2.24) is 29.2 Å². The van der Waals surface area contributed by atoms with E-state index in [4.69, 9.17) is 14.5 Å². The van der Waals surface area contributed by atoms with Gasteiger partial charge in [0, 0.05) is 32.7 Å². The number of ether oxygens (including phenoxy) is 2. The van der Waals surface area contributed by atoms with Crippen LogP contribution in [0.4, 0.5) is 20.7 Å². The summed E-state index contributed by atoms with van der Waals surface area (Å²) < 4.78 is 64.7. The number of fused-ring (bicyclic) bond motifs is 1. The van der Waals surface area contributed by atoms with E-state index < -0.39 is 23.1 Å². The second-order valence-electron chi connectivity index (χ2n) is 8.82. The number of aromatic nitrogens is 5. The molecule has 0 aliphatic carbocycles. The first-order valence-corrected chi connectivity index (χ1v) is 13.2. The van der Waals surface area contributed by atoms with E-state index in [-0.39, 0.29) is 11.9 Å². The second-order valence-corrected chi connectivity index (χ2v) is 9.65. The van der Waals surface area contributed by atoms with Crippen LogP contribution in [0.25, 0.3) is 17.0 Å². The van der Waals surface area contributed by atoms with Crippen LogP contribution in [-0.2, 0) is 15.6 Å². The van der Waals surface area contributed by atoms with E-state index >= 15 is 0 Å². The third kappa shape index (κ3) is 5.43. The zero-order valence-corrected chi connectivity index (χ0v) is 21.1. The van der Waals surface area contributed by atoms with Crippen LogP contribution >= 0.6 is 0 Å². The number of methoxy groups -OCH3 is 1. The van der Waals surface area contributed by atoms with Crippen LogP contribution in [0, 0.1) is 5.92 Å². The van der Waals surface area contributed by atoms with Crippen molar-refractivity contribution in [2.45, 2.75) is 19.3 Å². The number of anilines is 2. The fourth-order valence-electron chi connectivity index (χ4n) is 4.64. The van der Waals surface area contributed by atoms with E-state index in [1.54, 1.807) is 18.2 Å². The standard InChI is InChI=1S/C22H28F2N8O4S/c1-35-16-4-2-3-15-17(16)26-19(18(23)24)32(15)22-28-20(27-21(29-22)31-9-11-36-12-10-31)30-7-5-14(6-8-30)13-25-37(33)34/h2-4,14,18,37H,5-13H2,1H3,(H,25,33,34). The van der Waals surface area contributed by atoms with E-state index in [0.717, 1.165) is 12.8 Å². The quantitative estimate of drug-likeness (QED) is 0.406.